The maximum Gasteiger partial charge on any atom is 0.255 e. The molecule has 1 saturated heterocycles. The Hall–Kier alpha value is -2.30. The summed E-state index contributed by atoms with van der Waals surface area (Å²) in [7, 11) is 0. The molecule has 5 heteroatoms. The van der Waals surface area contributed by atoms with Gasteiger partial charge in [0.05, 0.1) is 5.56 Å². The number of rotatable bonds is 2. The number of para-hydroxylation sites is 1. The lowest BCUT2D eigenvalue weighted by molar-refractivity contribution is 0.0706. The topological polar surface area (TPSA) is 75.0 Å². The van der Waals surface area contributed by atoms with E-state index in [1.807, 2.05) is 23.2 Å². The number of likely N-dealkylation sites (tertiary alicyclic amines) is 1. The summed E-state index contributed by atoms with van der Waals surface area (Å²) in [5, 5.41) is 0. The number of nitrogens with zero attached hydrogens (tertiary/aromatic N) is 2. The zero-order valence-electron chi connectivity index (χ0n) is 11.2. The number of nitrogens with one attached hydrogen (secondary N) is 1. The van der Waals surface area contributed by atoms with E-state index in [0.29, 0.717) is 17.8 Å². The average Bonchev–Trinajstić information content (AvgIpc) is 3.01. The fourth-order valence-corrected chi connectivity index (χ4v) is 2.75. The Labute approximate surface area is 117 Å². The molecule has 5 nitrogen and oxygen atoms in total. The molecule has 2 aromatic rings. The molecule has 0 bridgehead atoms. The third-order valence-electron chi connectivity index (χ3n) is 3.81. The van der Waals surface area contributed by atoms with E-state index >= 15 is 0 Å². The highest BCUT2D eigenvalue weighted by molar-refractivity contribution is 5.99. The second-order valence-electron chi connectivity index (χ2n) is 5.15. The number of H-pyrrole nitrogens is 1. The van der Waals surface area contributed by atoms with Crippen molar-refractivity contribution < 1.29 is 4.79 Å². The molecule has 1 aliphatic heterocycles. The highest BCUT2D eigenvalue weighted by Gasteiger charge is 2.27. The van der Waals surface area contributed by atoms with E-state index in [1.165, 1.54) is 0 Å². The number of aromatic amines is 1. The van der Waals surface area contributed by atoms with E-state index in [2.05, 4.69) is 9.97 Å². The van der Waals surface area contributed by atoms with Crippen LogP contribution in [0.15, 0.2) is 36.7 Å². The third-order valence-corrected chi connectivity index (χ3v) is 3.81. The molecule has 0 aliphatic carbocycles. The molecule has 0 radical (unpaired) electrons. The minimum atomic E-state index is 0.0133. The van der Waals surface area contributed by atoms with Crippen molar-refractivity contribution in [2.45, 2.75) is 18.8 Å². The molecule has 3 N–H and O–H groups in total. The van der Waals surface area contributed by atoms with Crippen molar-refractivity contribution in [2.75, 3.05) is 18.8 Å². The first-order chi connectivity index (χ1) is 9.75. The predicted octanol–water partition coefficient (Wildman–Crippen LogP) is 2.01. The average molecular weight is 270 g/mol. The zero-order valence-corrected chi connectivity index (χ0v) is 11.2. The first-order valence-corrected chi connectivity index (χ1v) is 6.89. The summed E-state index contributed by atoms with van der Waals surface area (Å²) in [5.74, 6) is 1.26. The van der Waals surface area contributed by atoms with Crippen molar-refractivity contribution in [2.24, 2.45) is 0 Å². The Bertz CT molecular complexity index is 594. The number of hydrogen-bond acceptors (Lipinski definition) is 3. The van der Waals surface area contributed by atoms with Gasteiger partial charge in [0.1, 0.15) is 5.82 Å². The zero-order chi connectivity index (χ0) is 13.9. The molecule has 104 valence electrons. The van der Waals surface area contributed by atoms with Gasteiger partial charge in [0.25, 0.3) is 5.91 Å². The molecular formula is C15H18N4O. The molecule has 3 rings (SSSR count). The minimum absolute atomic E-state index is 0.0133. The van der Waals surface area contributed by atoms with E-state index in [1.54, 1.807) is 18.3 Å². The standard InChI is InChI=1S/C15H18N4O/c16-13-6-2-1-5-12(13)15(20)19-9-3-4-11(10-19)14-17-7-8-18-14/h1-2,5-8,11H,3-4,9-10,16H2,(H,17,18). The van der Waals surface area contributed by atoms with Crippen molar-refractivity contribution >= 4 is 11.6 Å². The van der Waals surface area contributed by atoms with Crippen LogP contribution in [-0.4, -0.2) is 33.9 Å². The number of hydrogen-bond donors (Lipinski definition) is 2. The van der Waals surface area contributed by atoms with Gasteiger partial charge in [0.15, 0.2) is 0 Å². The largest absolute Gasteiger partial charge is 0.398 e. The van der Waals surface area contributed by atoms with Crippen LogP contribution in [0.3, 0.4) is 0 Å². The van der Waals surface area contributed by atoms with Crippen molar-refractivity contribution in [3.63, 3.8) is 0 Å². The molecule has 2 heterocycles. The lowest BCUT2D eigenvalue weighted by Gasteiger charge is -2.32. The molecular weight excluding hydrogens is 252 g/mol. The quantitative estimate of drug-likeness (QED) is 0.820. The van der Waals surface area contributed by atoms with Gasteiger partial charge in [0, 0.05) is 37.1 Å². The molecule has 1 fully saturated rings. The van der Waals surface area contributed by atoms with Crippen LogP contribution < -0.4 is 5.73 Å². The fourth-order valence-electron chi connectivity index (χ4n) is 2.75. The van der Waals surface area contributed by atoms with Gasteiger partial charge in [-0.1, -0.05) is 12.1 Å². The van der Waals surface area contributed by atoms with Gasteiger partial charge in [-0.15, -0.1) is 0 Å². The summed E-state index contributed by atoms with van der Waals surface area (Å²) < 4.78 is 0. The van der Waals surface area contributed by atoms with E-state index in [4.69, 9.17) is 5.73 Å². The number of nitrogen functional groups attached to an aromatic ring is 1. The number of carbonyl (C=O) groups excluding carboxylic acids is 1. The molecule has 0 saturated carbocycles. The summed E-state index contributed by atoms with van der Waals surface area (Å²) in [4.78, 5) is 21.9. The highest BCUT2D eigenvalue weighted by atomic mass is 16.2. The first-order valence-electron chi connectivity index (χ1n) is 6.89. The Balaban J connectivity index is 1.77. The predicted molar refractivity (Wildman–Crippen MR) is 77.3 cm³/mol. The number of imidazole rings is 1. The van der Waals surface area contributed by atoms with Gasteiger partial charge in [-0.25, -0.2) is 4.98 Å². The monoisotopic (exact) mass is 270 g/mol. The van der Waals surface area contributed by atoms with Crippen LogP contribution in [0.4, 0.5) is 5.69 Å². The fraction of sp³-hybridized carbons (Fsp3) is 0.333. The lowest BCUT2D eigenvalue weighted by Crippen LogP contribution is -2.39. The Kier molecular flexibility index (Phi) is 3.41. The second kappa shape index (κ2) is 5.36. The summed E-state index contributed by atoms with van der Waals surface area (Å²) in [6.07, 6.45) is 5.63. The van der Waals surface area contributed by atoms with Crippen molar-refractivity contribution in [1.82, 2.24) is 14.9 Å². The van der Waals surface area contributed by atoms with E-state index in [9.17, 15) is 4.79 Å². The number of nitrogens with two attached hydrogens (primary N) is 1. The molecule has 1 aliphatic rings. The molecule has 20 heavy (non-hydrogen) atoms. The molecule has 1 amide bonds. The van der Waals surface area contributed by atoms with Crippen LogP contribution in [0.25, 0.3) is 0 Å². The molecule has 1 atom stereocenters. The van der Waals surface area contributed by atoms with Crippen molar-refractivity contribution in [3.05, 3.63) is 48.0 Å². The van der Waals surface area contributed by atoms with Gasteiger partial charge in [-0.2, -0.15) is 0 Å². The molecule has 1 aromatic carbocycles. The second-order valence-corrected chi connectivity index (χ2v) is 5.15. The SMILES string of the molecule is Nc1ccccc1C(=O)N1CCCC(c2ncc[nH]2)C1. The van der Waals surface area contributed by atoms with Gasteiger partial charge >= 0.3 is 0 Å². The maximum atomic E-state index is 12.6. The van der Waals surface area contributed by atoms with Crippen LogP contribution in [0.1, 0.15) is 34.9 Å². The number of aromatic nitrogens is 2. The Morgan fingerprint density at radius 1 is 1.40 bits per heavy atom. The van der Waals surface area contributed by atoms with Gasteiger partial charge < -0.3 is 15.6 Å². The summed E-state index contributed by atoms with van der Waals surface area (Å²) >= 11 is 0. The summed E-state index contributed by atoms with van der Waals surface area (Å²) in [6, 6.07) is 7.24. The van der Waals surface area contributed by atoms with Crippen LogP contribution in [0.5, 0.6) is 0 Å². The number of amides is 1. The van der Waals surface area contributed by atoms with Crippen LogP contribution in [-0.2, 0) is 0 Å². The minimum Gasteiger partial charge on any atom is -0.398 e. The maximum absolute atomic E-state index is 12.6. The molecule has 1 aromatic heterocycles. The van der Waals surface area contributed by atoms with Gasteiger partial charge in [-0.3, -0.25) is 4.79 Å². The first kappa shape index (κ1) is 12.7. The molecule has 0 spiro atoms. The van der Waals surface area contributed by atoms with Crippen molar-refractivity contribution in [1.29, 1.82) is 0 Å². The smallest absolute Gasteiger partial charge is 0.255 e. The number of carbonyl (C=O) groups is 1. The number of benzene rings is 1. The summed E-state index contributed by atoms with van der Waals surface area (Å²) in [5.41, 5.74) is 7.02. The van der Waals surface area contributed by atoms with Gasteiger partial charge in [0.2, 0.25) is 0 Å². The van der Waals surface area contributed by atoms with E-state index in [-0.39, 0.29) is 11.8 Å². The van der Waals surface area contributed by atoms with Crippen molar-refractivity contribution in [3.8, 4) is 0 Å². The number of anilines is 1. The lowest BCUT2D eigenvalue weighted by atomic mass is 9.96. The van der Waals surface area contributed by atoms with Crippen LogP contribution in [0, 0.1) is 0 Å². The summed E-state index contributed by atoms with van der Waals surface area (Å²) in [6.45, 7) is 1.48. The molecule has 1 unspecified atom stereocenters. The highest BCUT2D eigenvalue weighted by Crippen LogP contribution is 2.26. The van der Waals surface area contributed by atoms with Gasteiger partial charge in [-0.05, 0) is 25.0 Å². The number of piperidine rings is 1. The Morgan fingerprint density at radius 2 is 2.25 bits per heavy atom. The van der Waals surface area contributed by atoms with Crippen LogP contribution >= 0.6 is 0 Å². The van der Waals surface area contributed by atoms with E-state index < -0.39 is 0 Å². The Morgan fingerprint density at radius 3 is 3.00 bits per heavy atom. The normalized spacial score (nSPS) is 19.0. The van der Waals surface area contributed by atoms with E-state index in [0.717, 1.165) is 25.2 Å². The van der Waals surface area contributed by atoms with Crippen LogP contribution in [0.2, 0.25) is 0 Å². The third kappa shape index (κ3) is 2.39.